The second-order valence-electron chi connectivity index (χ2n) is 2.94. The Balaban J connectivity index is 3.44. The standard InChI is InChI=1S/C6F10O2/c7-1(8)2-17-3(9,5(11,12)13)4(10,18-2)6(14,15)16. The Bertz CT molecular complexity index is 349. The first-order valence-electron chi connectivity index (χ1n) is 3.71. The topological polar surface area (TPSA) is 18.5 Å². The minimum Gasteiger partial charge on any atom is -0.409 e. The molecule has 106 valence electrons. The first-order valence-corrected chi connectivity index (χ1v) is 3.71. The normalized spacial score (nSPS) is 33.1. The lowest BCUT2D eigenvalue weighted by Gasteiger charge is -2.30. The molecule has 1 heterocycles. The zero-order valence-corrected chi connectivity index (χ0v) is 7.60. The lowest BCUT2D eigenvalue weighted by atomic mass is 10.1. The van der Waals surface area contributed by atoms with Gasteiger partial charge in [0.15, 0.2) is 0 Å². The molecule has 0 N–H and O–H groups in total. The molecule has 0 spiro atoms. The summed E-state index contributed by atoms with van der Waals surface area (Å²) < 4.78 is 127. The molecule has 2 unspecified atom stereocenters. The van der Waals surface area contributed by atoms with Crippen LogP contribution >= 0.6 is 0 Å². The molecular weight excluding hydrogens is 294 g/mol. The van der Waals surface area contributed by atoms with Gasteiger partial charge in [-0.3, -0.25) is 0 Å². The molecule has 0 aliphatic carbocycles. The largest absolute Gasteiger partial charge is 0.468 e. The Morgan fingerprint density at radius 1 is 0.778 bits per heavy atom. The molecule has 0 bridgehead atoms. The highest BCUT2D eigenvalue weighted by molar-refractivity contribution is 5.08. The van der Waals surface area contributed by atoms with Crippen LogP contribution in [0.1, 0.15) is 0 Å². The lowest BCUT2D eigenvalue weighted by molar-refractivity contribution is -0.422. The van der Waals surface area contributed by atoms with E-state index < -0.39 is 36.1 Å². The molecule has 12 heteroatoms. The van der Waals surface area contributed by atoms with Crippen LogP contribution in [0.15, 0.2) is 12.0 Å². The maximum absolute atomic E-state index is 13.0. The summed E-state index contributed by atoms with van der Waals surface area (Å²) in [5.41, 5.74) is 0. The van der Waals surface area contributed by atoms with E-state index in [1.54, 1.807) is 0 Å². The number of ether oxygens (including phenoxy) is 2. The molecule has 18 heavy (non-hydrogen) atoms. The van der Waals surface area contributed by atoms with E-state index in [9.17, 15) is 43.9 Å². The van der Waals surface area contributed by atoms with E-state index >= 15 is 0 Å². The molecule has 1 fully saturated rings. The summed E-state index contributed by atoms with van der Waals surface area (Å²) in [6.45, 7) is 0. The Morgan fingerprint density at radius 3 is 1.22 bits per heavy atom. The van der Waals surface area contributed by atoms with E-state index in [-0.39, 0.29) is 0 Å². The zero-order valence-electron chi connectivity index (χ0n) is 7.60. The molecule has 0 amide bonds. The summed E-state index contributed by atoms with van der Waals surface area (Å²) in [7, 11) is 0. The van der Waals surface area contributed by atoms with Crippen molar-refractivity contribution in [1.82, 2.24) is 0 Å². The molecule has 1 saturated heterocycles. The monoisotopic (exact) mass is 294 g/mol. The van der Waals surface area contributed by atoms with E-state index in [1.165, 1.54) is 0 Å². The highest BCUT2D eigenvalue weighted by Gasteiger charge is 2.88. The first kappa shape index (κ1) is 14.7. The van der Waals surface area contributed by atoms with Crippen molar-refractivity contribution >= 4 is 0 Å². The number of halogens is 10. The van der Waals surface area contributed by atoms with Crippen molar-refractivity contribution in [2.24, 2.45) is 0 Å². The van der Waals surface area contributed by atoms with Gasteiger partial charge in [-0.25, -0.2) is 0 Å². The zero-order chi connectivity index (χ0) is 14.6. The predicted molar refractivity (Wildman–Crippen MR) is 31.2 cm³/mol. The first-order chi connectivity index (χ1) is 7.76. The smallest absolute Gasteiger partial charge is 0.409 e. The van der Waals surface area contributed by atoms with Crippen LogP contribution in [0.25, 0.3) is 0 Å². The van der Waals surface area contributed by atoms with Gasteiger partial charge < -0.3 is 9.47 Å². The third-order valence-corrected chi connectivity index (χ3v) is 1.76. The van der Waals surface area contributed by atoms with Gasteiger partial charge in [-0.2, -0.15) is 43.9 Å². The van der Waals surface area contributed by atoms with Crippen LogP contribution in [0.2, 0.25) is 0 Å². The predicted octanol–water partition coefficient (Wildman–Crippen LogP) is 3.55. The highest BCUT2D eigenvalue weighted by atomic mass is 19.4. The fourth-order valence-electron chi connectivity index (χ4n) is 0.965. The molecule has 1 rings (SSSR count). The second kappa shape index (κ2) is 3.57. The van der Waals surface area contributed by atoms with Crippen LogP contribution in [0.3, 0.4) is 0 Å². The van der Waals surface area contributed by atoms with Crippen molar-refractivity contribution in [3.05, 3.63) is 12.0 Å². The van der Waals surface area contributed by atoms with Crippen LogP contribution in [0.5, 0.6) is 0 Å². The third kappa shape index (κ3) is 1.73. The molecule has 0 aromatic rings. The molecule has 2 atom stereocenters. The average molecular weight is 294 g/mol. The van der Waals surface area contributed by atoms with Crippen LogP contribution in [0, 0.1) is 0 Å². The Morgan fingerprint density at radius 2 is 1.06 bits per heavy atom. The maximum atomic E-state index is 13.0. The SMILES string of the molecule is FC(F)=C1OC(F)(C(F)(F)F)C(F)(C(F)(F)F)O1. The Kier molecular flexibility index (Phi) is 2.92. The molecular formula is C6F10O2. The quantitative estimate of drug-likeness (QED) is 0.636. The van der Waals surface area contributed by atoms with Gasteiger partial charge in [0.25, 0.3) is 0 Å². The highest BCUT2D eigenvalue weighted by Crippen LogP contribution is 2.58. The minimum atomic E-state index is -6.60. The van der Waals surface area contributed by atoms with E-state index in [1.807, 2.05) is 0 Å². The van der Waals surface area contributed by atoms with E-state index in [0.29, 0.717) is 0 Å². The maximum Gasteiger partial charge on any atom is 0.468 e. The van der Waals surface area contributed by atoms with Gasteiger partial charge in [0.1, 0.15) is 0 Å². The fraction of sp³-hybridized carbons (Fsp3) is 0.667. The molecule has 1 aliphatic rings. The summed E-state index contributed by atoms with van der Waals surface area (Å²) >= 11 is 0. The third-order valence-electron chi connectivity index (χ3n) is 1.76. The van der Waals surface area contributed by atoms with Crippen LogP contribution in [-0.4, -0.2) is 24.1 Å². The van der Waals surface area contributed by atoms with Crippen LogP contribution in [-0.2, 0) is 9.47 Å². The lowest BCUT2D eigenvalue weighted by Crippen LogP contribution is -2.62. The van der Waals surface area contributed by atoms with Crippen molar-refractivity contribution in [1.29, 1.82) is 0 Å². The van der Waals surface area contributed by atoms with Crippen molar-refractivity contribution in [3.63, 3.8) is 0 Å². The molecule has 1 aliphatic heterocycles. The van der Waals surface area contributed by atoms with Crippen molar-refractivity contribution in [3.8, 4) is 0 Å². The number of alkyl halides is 8. The van der Waals surface area contributed by atoms with Gasteiger partial charge in [-0.15, -0.1) is 0 Å². The van der Waals surface area contributed by atoms with E-state index in [0.717, 1.165) is 0 Å². The molecule has 0 aromatic carbocycles. The number of hydrogen-bond acceptors (Lipinski definition) is 2. The minimum absolute atomic E-state index is 2.64. The number of hydrogen-bond donors (Lipinski definition) is 0. The van der Waals surface area contributed by atoms with Gasteiger partial charge in [0.05, 0.1) is 0 Å². The van der Waals surface area contributed by atoms with Gasteiger partial charge >= 0.3 is 36.1 Å². The van der Waals surface area contributed by atoms with E-state index in [4.69, 9.17) is 0 Å². The van der Waals surface area contributed by atoms with Crippen molar-refractivity contribution in [2.75, 3.05) is 0 Å². The summed E-state index contributed by atoms with van der Waals surface area (Å²) in [4.78, 5) is 0. The second-order valence-corrected chi connectivity index (χ2v) is 2.94. The summed E-state index contributed by atoms with van der Waals surface area (Å²) in [6, 6.07) is 0. The van der Waals surface area contributed by atoms with Crippen molar-refractivity contribution in [2.45, 2.75) is 24.1 Å². The number of rotatable bonds is 0. The van der Waals surface area contributed by atoms with Crippen molar-refractivity contribution < 1.29 is 53.4 Å². The van der Waals surface area contributed by atoms with Gasteiger partial charge in [-0.05, 0) is 0 Å². The molecule has 0 aromatic heterocycles. The molecule has 0 saturated carbocycles. The summed E-state index contributed by atoms with van der Waals surface area (Å²) in [5, 5.41) is 0. The van der Waals surface area contributed by atoms with Gasteiger partial charge in [-0.1, -0.05) is 0 Å². The summed E-state index contributed by atoms with van der Waals surface area (Å²) in [5.74, 6) is -15.1. The molecule has 0 radical (unpaired) electrons. The van der Waals surface area contributed by atoms with Gasteiger partial charge in [0.2, 0.25) is 0 Å². The Labute approximate surface area is 90.8 Å². The molecule has 2 nitrogen and oxygen atoms in total. The van der Waals surface area contributed by atoms with Crippen LogP contribution < -0.4 is 0 Å². The average Bonchev–Trinajstić information content (AvgIpc) is 2.39. The fourth-order valence-corrected chi connectivity index (χ4v) is 0.965. The van der Waals surface area contributed by atoms with Gasteiger partial charge in [0, 0.05) is 0 Å². The van der Waals surface area contributed by atoms with E-state index in [2.05, 4.69) is 9.47 Å². The summed E-state index contributed by atoms with van der Waals surface area (Å²) in [6.07, 6.45) is -16.6. The van der Waals surface area contributed by atoms with Crippen LogP contribution in [0.4, 0.5) is 43.9 Å². The Hall–Kier alpha value is -1.36.